The quantitative estimate of drug-likeness (QED) is 0.501. The highest BCUT2D eigenvalue weighted by Gasteiger charge is 2.41. The number of hydrogen-bond donors (Lipinski definition) is 2. The van der Waals surface area contributed by atoms with Crippen molar-refractivity contribution in [3.63, 3.8) is 0 Å². The fourth-order valence-corrected chi connectivity index (χ4v) is 6.75. The average molecular weight is 415 g/mol. The SMILES string of the molecule is CCN(CC)S(=O)(=O)c1ccc(CCNC(=NC)NC2CC3CCC2O3)s1. The lowest BCUT2D eigenvalue weighted by Gasteiger charge is -2.22. The second kappa shape index (κ2) is 8.89. The molecule has 2 saturated heterocycles. The van der Waals surface area contributed by atoms with Gasteiger partial charge in [-0.2, -0.15) is 4.31 Å². The summed E-state index contributed by atoms with van der Waals surface area (Å²) in [6, 6.07) is 3.96. The molecule has 2 bridgehead atoms. The molecule has 2 fully saturated rings. The van der Waals surface area contributed by atoms with Crippen molar-refractivity contribution in [2.24, 2.45) is 4.99 Å². The van der Waals surface area contributed by atoms with Gasteiger partial charge in [-0.15, -0.1) is 11.3 Å². The molecule has 3 rings (SSSR count). The van der Waals surface area contributed by atoms with Gasteiger partial charge in [0, 0.05) is 31.6 Å². The third-order valence-electron chi connectivity index (χ3n) is 5.25. The van der Waals surface area contributed by atoms with Crippen molar-refractivity contribution in [3.8, 4) is 0 Å². The van der Waals surface area contributed by atoms with Crippen LogP contribution in [-0.4, -0.2) is 63.6 Å². The molecule has 3 atom stereocenters. The van der Waals surface area contributed by atoms with Crippen molar-refractivity contribution in [1.82, 2.24) is 14.9 Å². The second-order valence-electron chi connectivity index (χ2n) is 6.92. The first-order valence-corrected chi connectivity index (χ1v) is 11.9. The van der Waals surface area contributed by atoms with Crippen LogP contribution in [0.1, 0.15) is 38.0 Å². The number of rotatable bonds is 8. The molecule has 3 heterocycles. The van der Waals surface area contributed by atoms with Crippen LogP contribution >= 0.6 is 11.3 Å². The first-order valence-electron chi connectivity index (χ1n) is 9.69. The van der Waals surface area contributed by atoms with Crippen molar-refractivity contribution < 1.29 is 13.2 Å². The van der Waals surface area contributed by atoms with Gasteiger partial charge in [-0.3, -0.25) is 4.99 Å². The van der Waals surface area contributed by atoms with Crippen LogP contribution in [0.2, 0.25) is 0 Å². The van der Waals surface area contributed by atoms with Crippen molar-refractivity contribution in [2.75, 3.05) is 26.7 Å². The lowest BCUT2D eigenvalue weighted by molar-refractivity contribution is 0.0992. The molecule has 0 spiro atoms. The zero-order valence-electron chi connectivity index (χ0n) is 16.3. The number of thiophene rings is 1. The van der Waals surface area contributed by atoms with Gasteiger partial charge >= 0.3 is 0 Å². The Morgan fingerprint density at radius 1 is 1.33 bits per heavy atom. The number of hydrogen-bond acceptors (Lipinski definition) is 5. The molecule has 2 N–H and O–H groups in total. The van der Waals surface area contributed by atoms with Gasteiger partial charge in [0.2, 0.25) is 0 Å². The van der Waals surface area contributed by atoms with E-state index >= 15 is 0 Å². The monoisotopic (exact) mass is 414 g/mol. The largest absolute Gasteiger partial charge is 0.373 e. The van der Waals surface area contributed by atoms with Gasteiger partial charge in [0.05, 0.1) is 18.2 Å². The Morgan fingerprint density at radius 2 is 2.11 bits per heavy atom. The topological polar surface area (TPSA) is 83.0 Å². The summed E-state index contributed by atoms with van der Waals surface area (Å²) in [5.74, 6) is 0.781. The summed E-state index contributed by atoms with van der Waals surface area (Å²) < 4.78 is 32.9. The van der Waals surface area contributed by atoms with Gasteiger partial charge in [0.1, 0.15) is 4.21 Å². The third kappa shape index (κ3) is 4.64. The van der Waals surface area contributed by atoms with E-state index in [-0.39, 0.29) is 0 Å². The Balaban J connectivity index is 1.49. The summed E-state index contributed by atoms with van der Waals surface area (Å²) in [4.78, 5) is 5.34. The molecule has 27 heavy (non-hydrogen) atoms. The second-order valence-corrected chi connectivity index (χ2v) is 10.3. The molecule has 0 aromatic carbocycles. The van der Waals surface area contributed by atoms with Gasteiger partial charge < -0.3 is 15.4 Å². The highest BCUT2D eigenvalue weighted by Crippen LogP contribution is 2.34. The standard InChI is InChI=1S/C18H30N4O3S2/c1-4-22(5-2)27(23,24)17-9-7-14(26-17)10-11-20-18(19-3)21-15-12-13-6-8-16(15)25-13/h7,9,13,15-16H,4-6,8,10-12H2,1-3H3,(H2,19,20,21). The van der Waals surface area contributed by atoms with E-state index in [0.717, 1.165) is 30.1 Å². The molecular weight excluding hydrogens is 384 g/mol. The summed E-state index contributed by atoms with van der Waals surface area (Å²) in [7, 11) is -1.60. The third-order valence-corrected chi connectivity index (χ3v) is 8.91. The van der Waals surface area contributed by atoms with E-state index < -0.39 is 10.0 Å². The van der Waals surface area contributed by atoms with Gasteiger partial charge in [-0.1, -0.05) is 13.8 Å². The molecule has 0 saturated carbocycles. The zero-order chi connectivity index (χ0) is 19.4. The molecule has 9 heteroatoms. The Hall–Kier alpha value is -1.16. The highest BCUT2D eigenvalue weighted by atomic mass is 32.2. The first kappa shape index (κ1) is 20.6. The molecule has 0 amide bonds. The van der Waals surface area contributed by atoms with Crippen LogP contribution in [0.4, 0.5) is 0 Å². The maximum absolute atomic E-state index is 12.6. The molecule has 2 aliphatic heterocycles. The van der Waals surface area contributed by atoms with Crippen molar-refractivity contribution >= 4 is 27.3 Å². The molecule has 1 aromatic heterocycles. The summed E-state index contributed by atoms with van der Waals surface area (Å²) in [5.41, 5.74) is 0. The minimum Gasteiger partial charge on any atom is -0.373 e. The number of sulfonamides is 1. The predicted molar refractivity (Wildman–Crippen MR) is 109 cm³/mol. The van der Waals surface area contributed by atoms with Crippen LogP contribution < -0.4 is 10.6 Å². The lowest BCUT2D eigenvalue weighted by Crippen LogP contribution is -2.47. The zero-order valence-corrected chi connectivity index (χ0v) is 17.9. The van der Waals surface area contributed by atoms with Gasteiger partial charge in [-0.25, -0.2) is 8.42 Å². The molecule has 0 radical (unpaired) electrons. The molecule has 2 aliphatic rings. The molecule has 0 aliphatic carbocycles. The summed E-state index contributed by atoms with van der Waals surface area (Å²) >= 11 is 1.35. The first-order chi connectivity index (χ1) is 13.0. The van der Waals surface area contributed by atoms with Gasteiger partial charge in [0.15, 0.2) is 5.96 Å². The molecule has 1 aromatic rings. The van der Waals surface area contributed by atoms with E-state index in [1.807, 2.05) is 19.9 Å². The molecule has 7 nitrogen and oxygen atoms in total. The summed E-state index contributed by atoms with van der Waals surface area (Å²) in [6.45, 7) is 5.40. The average Bonchev–Trinajstić information content (AvgIpc) is 3.38. The number of nitrogens with one attached hydrogen (secondary N) is 2. The normalized spacial score (nSPS) is 25.3. The van der Waals surface area contributed by atoms with Crippen LogP contribution in [-0.2, 0) is 21.2 Å². The van der Waals surface area contributed by atoms with E-state index in [1.54, 1.807) is 13.1 Å². The number of ether oxygens (including phenoxy) is 1. The lowest BCUT2D eigenvalue weighted by atomic mass is 9.96. The summed E-state index contributed by atoms with van der Waals surface area (Å²) in [5, 5.41) is 6.79. The van der Waals surface area contributed by atoms with Crippen LogP contribution in [0.3, 0.4) is 0 Å². The van der Waals surface area contributed by atoms with Crippen molar-refractivity contribution in [1.29, 1.82) is 0 Å². The van der Waals surface area contributed by atoms with E-state index in [0.29, 0.717) is 42.1 Å². The molecule has 152 valence electrons. The van der Waals surface area contributed by atoms with Crippen molar-refractivity contribution in [3.05, 3.63) is 17.0 Å². The molecule has 3 unspecified atom stereocenters. The van der Waals surface area contributed by atoms with Crippen LogP contribution in [0.25, 0.3) is 0 Å². The Bertz CT molecular complexity index is 758. The fourth-order valence-electron chi connectivity index (χ4n) is 3.79. The Labute approximate surface area is 166 Å². The van der Waals surface area contributed by atoms with E-state index in [2.05, 4.69) is 15.6 Å². The van der Waals surface area contributed by atoms with Crippen LogP contribution in [0.5, 0.6) is 0 Å². The maximum Gasteiger partial charge on any atom is 0.252 e. The Morgan fingerprint density at radius 3 is 2.70 bits per heavy atom. The summed E-state index contributed by atoms with van der Waals surface area (Å²) in [6.07, 6.45) is 4.81. The smallest absolute Gasteiger partial charge is 0.252 e. The van der Waals surface area contributed by atoms with E-state index in [1.165, 1.54) is 22.1 Å². The maximum atomic E-state index is 12.6. The number of aliphatic imine (C=N–C) groups is 1. The minimum absolute atomic E-state index is 0.304. The highest BCUT2D eigenvalue weighted by molar-refractivity contribution is 7.91. The minimum atomic E-state index is -3.37. The number of guanidine groups is 1. The van der Waals surface area contributed by atoms with E-state index in [4.69, 9.17) is 4.74 Å². The van der Waals surface area contributed by atoms with Gasteiger partial charge in [-0.05, 0) is 37.8 Å². The predicted octanol–water partition coefficient (Wildman–Crippen LogP) is 1.81. The number of nitrogens with zero attached hydrogens (tertiary/aromatic N) is 2. The fraction of sp³-hybridized carbons (Fsp3) is 0.722. The van der Waals surface area contributed by atoms with Crippen molar-refractivity contribution in [2.45, 2.75) is 62.0 Å². The Kier molecular flexibility index (Phi) is 6.78. The van der Waals surface area contributed by atoms with Crippen LogP contribution in [0.15, 0.2) is 21.3 Å². The molecular formula is C18H30N4O3S2. The van der Waals surface area contributed by atoms with Crippen LogP contribution in [0, 0.1) is 0 Å². The van der Waals surface area contributed by atoms with E-state index in [9.17, 15) is 8.42 Å². The number of fused-ring (bicyclic) bond motifs is 2. The van der Waals surface area contributed by atoms with Gasteiger partial charge in [0.25, 0.3) is 10.0 Å².